The first-order valence-electron chi connectivity index (χ1n) is 11.9. The molecule has 0 saturated carbocycles. The van der Waals surface area contributed by atoms with E-state index < -0.39 is 0 Å². The monoisotopic (exact) mass is 640 g/mol. The van der Waals surface area contributed by atoms with Gasteiger partial charge < -0.3 is 18.0 Å². The molecule has 0 saturated heterocycles. The van der Waals surface area contributed by atoms with Crippen LogP contribution in [-0.4, -0.2) is 6.21 Å². The van der Waals surface area contributed by atoms with Gasteiger partial charge in [0.1, 0.15) is 29.7 Å². The standard InChI is InChI=1S/C31H18Br2N2O4/c32-24-14-19(15-25(33)29(24)38-18-21-8-3-7-20-6-1-2-9-22(20)21)17-35-31-23(16-34)28(26-10-4-12-36-26)30(39-31)27-11-5-13-37-27/h1-15,17H,18H2. The zero-order valence-electron chi connectivity index (χ0n) is 20.2. The van der Waals surface area contributed by atoms with Crippen molar-refractivity contribution >= 4 is 54.7 Å². The van der Waals surface area contributed by atoms with Crippen molar-refractivity contribution in [3.8, 4) is 34.7 Å². The van der Waals surface area contributed by atoms with Gasteiger partial charge in [-0.15, -0.1) is 0 Å². The number of hydrogen-bond donors (Lipinski definition) is 0. The van der Waals surface area contributed by atoms with E-state index >= 15 is 0 Å². The average Bonchev–Trinajstić information content (AvgIpc) is 3.72. The molecule has 3 heterocycles. The van der Waals surface area contributed by atoms with Gasteiger partial charge in [0.25, 0.3) is 0 Å². The van der Waals surface area contributed by atoms with E-state index in [-0.39, 0.29) is 11.4 Å². The van der Waals surface area contributed by atoms with Gasteiger partial charge in [-0.2, -0.15) is 5.26 Å². The highest BCUT2D eigenvalue weighted by molar-refractivity contribution is 9.11. The minimum Gasteiger partial charge on any atom is -0.487 e. The Bertz CT molecular complexity index is 1820. The summed E-state index contributed by atoms with van der Waals surface area (Å²) in [5, 5.41) is 12.3. The lowest BCUT2D eigenvalue weighted by molar-refractivity contribution is 0.303. The molecule has 6 nitrogen and oxygen atoms in total. The fraction of sp³-hybridized carbons (Fsp3) is 0.0323. The largest absolute Gasteiger partial charge is 0.487 e. The molecule has 0 spiro atoms. The van der Waals surface area contributed by atoms with Crippen LogP contribution in [0.25, 0.3) is 33.6 Å². The van der Waals surface area contributed by atoms with E-state index in [4.69, 9.17) is 18.0 Å². The van der Waals surface area contributed by atoms with Crippen LogP contribution in [0.15, 0.2) is 119 Å². The van der Waals surface area contributed by atoms with Gasteiger partial charge in [0.05, 0.1) is 27.0 Å². The van der Waals surface area contributed by atoms with Gasteiger partial charge in [-0.1, -0.05) is 42.5 Å². The van der Waals surface area contributed by atoms with Crippen molar-refractivity contribution in [2.24, 2.45) is 4.99 Å². The molecule has 0 aliphatic rings. The van der Waals surface area contributed by atoms with Crippen molar-refractivity contribution in [1.82, 2.24) is 0 Å². The molecule has 6 rings (SSSR count). The quantitative estimate of drug-likeness (QED) is 0.162. The third-order valence-electron chi connectivity index (χ3n) is 6.12. The molecular formula is C31H18Br2N2O4. The lowest BCUT2D eigenvalue weighted by Crippen LogP contribution is -1.98. The molecule has 8 heteroatoms. The molecule has 0 aliphatic carbocycles. The van der Waals surface area contributed by atoms with E-state index in [1.54, 1.807) is 30.5 Å². The smallest absolute Gasteiger partial charge is 0.238 e. The number of aliphatic imine (C=N–C) groups is 1. The summed E-state index contributed by atoms with van der Waals surface area (Å²) in [6.45, 7) is 0.412. The Morgan fingerprint density at radius 3 is 2.31 bits per heavy atom. The Kier molecular flexibility index (Phi) is 6.93. The van der Waals surface area contributed by atoms with E-state index in [0.717, 1.165) is 25.5 Å². The highest BCUT2D eigenvalue weighted by Crippen LogP contribution is 2.43. The second-order valence-electron chi connectivity index (χ2n) is 8.55. The summed E-state index contributed by atoms with van der Waals surface area (Å²) in [4.78, 5) is 4.51. The molecule has 0 unspecified atom stereocenters. The van der Waals surface area contributed by atoms with E-state index in [0.29, 0.717) is 35.2 Å². The molecule has 3 aromatic carbocycles. The predicted molar refractivity (Wildman–Crippen MR) is 156 cm³/mol. The van der Waals surface area contributed by atoms with Crippen LogP contribution in [0, 0.1) is 11.3 Å². The zero-order valence-corrected chi connectivity index (χ0v) is 23.4. The maximum absolute atomic E-state index is 9.96. The number of ether oxygens (including phenoxy) is 1. The van der Waals surface area contributed by atoms with E-state index in [1.165, 1.54) is 17.9 Å². The molecule has 3 aromatic heterocycles. The summed E-state index contributed by atoms with van der Waals surface area (Å²) in [5.41, 5.74) is 2.61. The average molecular weight is 642 g/mol. The Balaban J connectivity index is 1.29. The van der Waals surface area contributed by atoms with Gasteiger partial charge in [-0.05, 0) is 90.2 Å². The van der Waals surface area contributed by atoms with Crippen LogP contribution >= 0.6 is 31.9 Å². The van der Waals surface area contributed by atoms with Crippen molar-refractivity contribution in [3.05, 3.63) is 117 Å². The first-order chi connectivity index (χ1) is 19.1. The highest BCUT2D eigenvalue weighted by Gasteiger charge is 2.26. The van der Waals surface area contributed by atoms with Crippen molar-refractivity contribution in [3.63, 3.8) is 0 Å². The van der Waals surface area contributed by atoms with Crippen LogP contribution in [0.3, 0.4) is 0 Å². The molecule has 0 atom stereocenters. The lowest BCUT2D eigenvalue weighted by Gasteiger charge is -2.13. The number of nitrogens with zero attached hydrogens (tertiary/aromatic N) is 2. The van der Waals surface area contributed by atoms with E-state index in [1.807, 2.05) is 30.3 Å². The van der Waals surface area contributed by atoms with Crippen LogP contribution in [0.2, 0.25) is 0 Å². The predicted octanol–water partition coefficient (Wildman–Crippen LogP) is 9.68. The molecule has 0 amide bonds. The molecular weight excluding hydrogens is 624 g/mol. The van der Waals surface area contributed by atoms with Crippen molar-refractivity contribution in [2.75, 3.05) is 0 Å². The summed E-state index contributed by atoms with van der Waals surface area (Å²) in [7, 11) is 0. The third kappa shape index (κ3) is 4.94. The second kappa shape index (κ2) is 10.8. The SMILES string of the molecule is N#Cc1c(N=Cc2cc(Br)c(OCc3cccc4ccccc34)c(Br)c2)oc(-c2ccco2)c1-c1ccco1. The highest BCUT2D eigenvalue weighted by atomic mass is 79.9. The number of halogens is 2. The number of rotatable bonds is 7. The first kappa shape index (κ1) is 25.0. The van der Waals surface area contributed by atoms with Crippen LogP contribution in [0.5, 0.6) is 5.75 Å². The number of benzene rings is 3. The van der Waals surface area contributed by atoms with Gasteiger partial charge in [-0.25, -0.2) is 4.99 Å². The van der Waals surface area contributed by atoms with Gasteiger partial charge in [0, 0.05) is 6.21 Å². The molecule has 190 valence electrons. The fourth-order valence-corrected chi connectivity index (χ4v) is 5.80. The first-order valence-corrected chi connectivity index (χ1v) is 13.5. The summed E-state index contributed by atoms with van der Waals surface area (Å²) >= 11 is 7.25. The normalized spacial score (nSPS) is 11.3. The van der Waals surface area contributed by atoms with Crippen molar-refractivity contribution in [1.29, 1.82) is 5.26 Å². The van der Waals surface area contributed by atoms with Gasteiger partial charge in [0.15, 0.2) is 11.5 Å². The minimum atomic E-state index is 0.152. The number of hydrogen-bond acceptors (Lipinski definition) is 6. The molecule has 39 heavy (non-hydrogen) atoms. The topological polar surface area (TPSA) is 84.8 Å². The number of fused-ring (bicyclic) bond motifs is 1. The van der Waals surface area contributed by atoms with Gasteiger partial charge in [0.2, 0.25) is 5.88 Å². The molecule has 0 aliphatic heterocycles. The summed E-state index contributed by atoms with van der Waals surface area (Å²) in [6, 6.07) is 27.4. The second-order valence-corrected chi connectivity index (χ2v) is 10.3. The Morgan fingerprint density at radius 2 is 1.59 bits per heavy atom. The van der Waals surface area contributed by atoms with E-state index in [9.17, 15) is 5.26 Å². The Labute approximate surface area is 240 Å². The fourth-order valence-electron chi connectivity index (χ4n) is 4.34. The van der Waals surface area contributed by atoms with Gasteiger partial charge in [-0.3, -0.25) is 0 Å². The third-order valence-corrected chi connectivity index (χ3v) is 7.30. The number of furan rings is 3. The Hall–Kier alpha value is -4.32. The Morgan fingerprint density at radius 1 is 0.872 bits per heavy atom. The molecule has 6 aromatic rings. The molecule has 0 N–H and O–H groups in total. The maximum Gasteiger partial charge on any atom is 0.238 e. The van der Waals surface area contributed by atoms with E-state index in [2.05, 4.69) is 67.2 Å². The summed E-state index contributed by atoms with van der Waals surface area (Å²) < 4.78 is 24.8. The van der Waals surface area contributed by atoms with Crippen molar-refractivity contribution in [2.45, 2.75) is 6.61 Å². The maximum atomic E-state index is 9.96. The molecule has 0 bridgehead atoms. The van der Waals surface area contributed by atoms with Crippen LogP contribution in [0.4, 0.5) is 5.88 Å². The molecule has 0 fully saturated rings. The van der Waals surface area contributed by atoms with Crippen LogP contribution in [0.1, 0.15) is 16.7 Å². The van der Waals surface area contributed by atoms with Crippen LogP contribution in [-0.2, 0) is 6.61 Å². The number of nitriles is 1. The molecule has 0 radical (unpaired) electrons. The minimum absolute atomic E-state index is 0.152. The summed E-state index contributed by atoms with van der Waals surface area (Å²) in [6.07, 6.45) is 4.70. The van der Waals surface area contributed by atoms with Crippen molar-refractivity contribution < 1.29 is 18.0 Å². The zero-order chi connectivity index (χ0) is 26.8. The summed E-state index contributed by atoms with van der Waals surface area (Å²) in [5.74, 6) is 2.16. The lowest BCUT2D eigenvalue weighted by atomic mass is 10.1. The van der Waals surface area contributed by atoms with Gasteiger partial charge >= 0.3 is 0 Å². The van der Waals surface area contributed by atoms with Crippen LogP contribution < -0.4 is 4.74 Å².